The third kappa shape index (κ3) is 4.13. The van der Waals surface area contributed by atoms with Gasteiger partial charge in [-0.2, -0.15) is 0 Å². The van der Waals surface area contributed by atoms with E-state index in [0.717, 1.165) is 17.7 Å². The summed E-state index contributed by atoms with van der Waals surface area (Å²) in [5.74, 6) is -2.17. The normalized spacial score (nSPS) is 13.6. The lowest BCUT2D eigenvalue weighted by atomic mass is 10.0. The van der Waals surface area contributed by atoms with E-state index in [9.17, 15) is 22.0 Å². The van der Waals surface area contributed by atoms with Gasteiger partial charge in [0, 0.05) is 12.2 Å². The first-order chi connectivity index (χ1) is 14.8. The monoisotopic (exact) mass is 462 g/mol. The number of rotatable bonds is 4. The lowest BCUT2D eigenvalue weighted by Crippen LogP contribution is -2.35. The summed E-state index contributed by atoms with van der Waals surface area (Å²) in [4.78, 5) is 12.4. The van der Waals surface area contributed by atoms with Crippen molar-refractivity contribution in [2.24, 2.45) is 0 Å². The molecule has 4 rings (SSSR count). The molecule has 0 radical (unpaired) electrons. The zero-order valence-corrected chi connectivity index (χ0v) is 17.7. The molecular weight excluding hydrogens is 446 g/mol. The van der Waals surface area contributed by atoms with Crippen LogP contribution in [0.5, 0.6) is 0 Å². The summed E-state index contributed by atoms with van der Waals surface area (Å²) in [5, 5.41) is 2.53. The summed E-state index contributed by atoms with van der Waals surface area (Å²) < 4.78 is 55.2. The fourth-order valence-electron chi connectivity index (χ4n) is 3.53. The van der Waals surface area contributed by atoms with Crippen LogP contribution in [0.3, 0.4) is 0 Å². The summed E-state index contributed by atoms with van der Waals surface area (Å²) in [7, 11) is -4.01. The van der Waals surface area contributed by atoms with Crippen LogP contribution in [-0.4, -0.2) is 20.9 Å². The molecule has 1 aliphatic rings. The maximum Gasteiger partial charge on any atom is 0.264 e. The number of carbonyl (C=O) groups is 1. The van der Waals surface area contributed by atoms with Crippen molar-refractivity contribution in [3.8, 4) is 0 Å². The van der Waals surface area contributed by atoms with E-state index in [2.05, 4.69) is 5.32 Å². The molecule has 0 saturated carbocycles. The van der Waals surface area contributed by atoms with E-state index >= 15 is 0 Å². The summed E-state index contributed by atoms with van der Waals surface area (Å²) >= 11 is 5.95. The van der Waals surface area contributed by atoms with Crippen LogP contribution in [0.4, 0.5) is 20.2 Å². The van der Waals surface area contributed by atoms with Gasteiger partial charge in [-0.15, -0.1) is 0 Å². The number of aryl methyl sites for hydroxylation is 1. The number of benzene rings is 3. The number of hydrogen-bond donors (Lipinski definition) is 1. The number of nitrogens with one attached hydrogen (secondary N) is 1. The van der Waals surface area contributed by atoms with E-state index in [1.807, 2.05) is 0 Å². The van der Waals surface area contributed by atoms with Gasteiger partial charge >= 0.3 is 0 Å². The lowest BCUT2D eigenvalue weighted by Gasteiger charge is -2.31. The van der Waals surface area contributed by atoms with Crippen LogP contribution in [0.2, 0.25) is 5.02 Å². The van der Waals surface area contributed by atoms with Crippen LogP contribution >= 0.6 is 11.6 Å². The maximum atomic E-state index is 14.1. The summed E-state index contributed by atoms with van der Waals surface area (Å²) in [6.07, 6.45) is 1.25. The van der Waals surface area contributed by atoms with Crippen LogP contribution in [0.1, 0.15) is 22.3 Å². The Labute approximate surface area is 183 Å². The van der Waals surface area contributed by atoms with Gasteiger partial charge in [-0.25, -0.2) is 17.2 Å². The molecule has 1 amide bonds. The Balaban J connectivity index is 1.69. The quantitative estimate of drug-likeness (QED) is 0.592. The number of anilines is 2. The number of amides is 1. The Morgan fingerprint density at radius 3 is 2.55 bits per heavy atom. The lowest BCUT2D eigenvalue weighted by molar-refractivity contribution is 0.102. The van der Waals surface area contributed by atoms with Gasteiger partial charge in [0.1, 0.15) is 11.6 Å². The molecule has 0 aliphatic carbocycles. The highest BCUT2D eigenvalue weighted by Gasteiger charge is 2.30. The molecule has 1 N–H and O–H groups in total. The first-order valence-corrected chi connectivity index (χ1v) is 11.3. The number of halogens is 3. The number of hydrogen-bond acceptors (Lipinski definition) is 3. The molecule has 9 heteroatoms. The van der Waals surface area contributed by atoms with E-state index in [-0.39, 0.29) is 27.7 Å². The second kappa shape index (κ2) is 8.28. The van der Waals surface area contributed by atoms with Gasteiger partial charge in [0.2, 0.25) is 0 Å². The van der Waals surface area contributed by atoms with Crippen LogP contribution in [0.25, 0.3) is 0 Å². The molecule has 1 aliphatic heterocycles. The molecule has 0 fully saturated rings. The number of carbonyl (C=O) groups excluding carboxylic acids is 1. The van der Waals surface area contributed by atoms with Gasteiger partial charge in [-0.05, 0) is 60.9 Å². The van der Waals surface area contributed by atoms with Crippen LogP contribution in [0, 0.1) is 11.6 Å². The fourth-order valence-corrected chi connectivity index (χ4v) is 5.35. The van der Waals surface area contributed by atoms with Crippen molar-refractivity contribution in [3.05, 3.63) is 88.4 Å². The highest BCUT2D eigenvalue weighted by atomic mass is 35.5. The van der Waals surface area contributed by atoms with E-state index < -0.39 is 27.6 Å². The molecule has 0 spiro atoms. The minimum atomic E-state index is -4.01. The molecule has 0 saturated heterocycles. The second-order valence-electron chi connectivity index (χ2n) is 7.03. The average molecular weight is 463 g/mol. The van der Waals surface area contributed by atoms with Gasteiger partial charge in [0.15, 0.2) is 0 Å². The predicted molar refractivity (Wildman–Crippen MR) is 115 cm³/mol. The highest BCUT2D eigenvalue weighted by Crippen LogP contribution is 2.34. The van der Waals surface area contributed by atoms with Gasteiger partial charge < -0.3 is 5.32 Å². The van der Waals surface area contributed by atoms with Crippen LogP contribution in [-0.2, 0) is 16.4 Å². The summed E-state index contributed by atoms with van der Waals surface area (Å²) in [6, 6.07) is 13.6. The minimum Gasteiger partial charge on any atom is -0.322 e. The molecule has 0 unspecified atom stereocenters. The zero-order valence-electron chi connectivity index (χ0n) is 16.1. The number of nitrogens with zero attached hydrogens (tertiary/aromatic N) is 1. The van der Waals surface area contributed by atoms with E-state index in [1.165, 1.54) is 40.7 Å². The molecule has 1 heterocycles. The van der Waals surface area contributed by atoms with Crippen LogP contribution < -0.4 is 9.62 Å². The Bertz CT molecular complexity index is 1260. The highest BCUT2D eigenvalue weighted by molar-refractivity contribution is 7.92. The number of fused-ring (bicyclic) bond motifs is 1. The Kier molecular flexibility index (Phi) is 5.68. The van der Waals surface area contributed by atoms with Gasteiger partial charge in [-0.1, -0.05) is 29.8 Å². The smallest absolute Gasteiger partial charge is 0.264 e. The molecule has 160 valence electrons. The molecule has 0 atom stereocenters. The molecule has 3 aromatic carbocycles. The van der Waals surface area contributed by atoms with Crippen molar-refractivity contribution >= 4 is 38.9 Å². The van der Waals surface area contributed by atoms with Gasteiger partial charge in [-0.3, -0.25) is 9.10 Å². The maximum absolute atomic E-state index is 14.1. The van der Waals surface area contributed by atoms with Crippen LogP contribution in [0.15, 0.2) is 65.6 Å². The van der Waals surface area contributed by atoms with Crippen molar-refractivity contribution in [1.82, 2.24) is 0 Å². The topological polar surface area (TPSA) is 66.5 Å². The van der Waals surface area contributed by atoms with E-state index in [4.69, 9.17) is 11.6 Å². The molecule has 31 heavy (non-hydrogen) atoms. The Morgan fingerprint density at radius 1 is 1.03 bits per heavy atom. The Hall–Kier alpha value is -2.97. The summed E-state index contributed by atoms with van der Waals surface area (Å²) in [6.45, 7) is 0.211. The third-order valence-corrected chi connectivity index (χ3v) is 7.12. The first-order valence-electron chi connectivity index (χ1n) is 9.44. The van der Waals surface area contributed by atoms with Crippen molar-refractivity contribution in [2.75, 3.05) is 16.2 Å². The van der Waals surface area contributed by atoms with Gasteiger partial charge in [0.25, 0.3) is 15.9 Å². The molecule has 0 aromatic heterocycles. The SMILES string of the molecule is O=C(Nc1ccc2c(c1)N(S(=O)(=O)c1cccc(F)c1)CCC2)c1c(F)cccc1Cl. The zero-order chi connectivity index (χ0) is 22.2. The van der Waals surface area contributed by atoms with Crippen molar-refractivity contribution in [2.45, 2.75) is 17.7 Å². The molecule has 5 nitrogen and oxygen atoms in total. The van der Waals surface area contributed by atoms with Crippen molar-refractivity contribution in [1.29, 1.82) is 0 Å². The predicted octanol–water partition coefficient (Wildman–Crippen LogP) is 5.01. The van der Waals surface area contributed by atoms with E-state index in [0.29, 0.717) is 18.5 Å². The Morgan fingerprint density at radius 2 is 1.81 bits per heavy atom. The molecule has 0 bridgehead atoms. The third-order valence-electron chi connectivity index (χ3n) is 4.99. The van der Waals surface area contributed by atoms with Crippen molar-refractivity contribution in [3.63, 3.8) is 0 Å². The second-order valence-corrected chi connectivity index (χ2v) is 9.30. The van der Waals surface area contributed by atoms with E-state index in [1.54, 1.807) is 12.1 Å². The molecular formula is C22H17ClF2N2O3S. The largest absolute Gasteiger partial charge is 0.322 e. The fraction of sp³-hybridized carbons (Fsp3) is 0.136. The standard InChI is InChI=1S/C22H17ClF2N2O3S/c23-18-7-2-8-19(25)21(18)22(28)26-16-10-9-14-4-3-11-27(20(14)13-16)31(29,30)17-6-1-5-15(24)12-17/h1-2,5-10,12-13H,3-4,11H2,(H,26,28). The first kappa shape index (κ1) is 21.3. The minimum absolute atomic E-state index is 0.0363. The van der Waals surface area contributed by atoms with Crippen molar-refractivity contribution < 1.29 is 22.0 Å². The summed E-state index contributed by atoms with van der Waals surface area (Å²) in [5.41, 5.74) is 1.14. The number of sulfonamides is 1. The molecule has 3 aromatic rings. The average Bonchev–Trinajstić information content (AvgIpc) is 2.73. The van der Waals surface area contributed by atoms with Gasteiger partial charge in [0.05, 0.1) is 21.2 Å².